The number of rotatable bonds is 9. The van der Waals surface area contributed by atoms with Gasteiger partial charge in [-0.2, -0.15) is 0 Å². The van der Waals surface area contributed by atoms with Crippen LogP contribution in [0.2, 0.25) is 0 Å². The van der Waals surface area contributed by atoms with Gasteiger partial charge in [0, 0.05) is 13.1 Å². The zero-order valence-electron chi connectivity index (χ0n) is 11.8. The molecule has 1 aromatic rings. The van der Waals surface area contributed by atoms with E-state index in [1.807, 2.05) is 0 Å². The van der Waals surface area contributed by atoms with Crippen LogP contribution in [0.4, 0.5) is 0 Å². The van der Waals surface area contributed by atoms with Gasteiger partial charge in [-0.05, 0) is 6.92 Å². The molecule has 0 saturated heterocycles. The van der Waals surface area contributed by atoms with E-state index in [0.29, 0.717) is 13.1 Å². The van der Waals surface area contributed by atoms with E-state index in [1.54, 1.807) is 24.0 Å². The van der Waals surface area contributed by atoms with Crippen molar-refractivity contribution in [2.75, 3.05) is 25.4 Å². The molecule has 8 heteroatoms. The second kappa shape index (κ2) is 8.96. The van der Waals surface area contributed by atoms with Gasteiger partial charge in [0.15, 0.2) is 0 Å². The lowest BCUT2D eigenvalue weighted by Gasteiger charge is -2.18. The molecule has 114 valence electrons. The molecule has 1 heterocycles. The van der Waals surface area contributed by atoms with Gasteiger partial charge in [0.2, 0.25) is 5.91 Å². The molecule has 0 aliphatic heterocycles. The number of aromatic nitrogens is 2. The average molecular weight is 311 g/mol. The standard InChI is InChI=1S/C13H17N3O4S/c1-4-7-16(8-5-2)10(17)9-21-13-15-14-11(20-13)12(18)19-6-3/h4-5H,1-2,6-9H2,3H3. The van der Waals surface area contributed by atoms with E-state index in [9.17, 15) is 9.59 Å². The highest BCUT2D eigenvalue weighted by molar-refractivity contribution is 7.99. The van der Waals surface area contributed by atoms with Gasteiger partial charge in [-0.3, -0.25) is 4.79 Å². The lowest BCUT2D eigenvalue weighted by molar-refractivity contribution is -0.127. The van der Waals surface area contributed by atoms with Crippen molar-refractivity contribution in [2.45, 2.75) is 12.1 Å². The highest BCUT2D eigenvalue weighted by Crippen LogP contribution is 2.17. The molecule has 1 amide bonds. The summed E-state index contributed by atoms with van der Waals surface area (Å²) in [4.78, 5) is 24.9. The maximum absolute atomic E-state index is 12.0. The number of hydrogen-bond acceptors (Lipinski definition) is 7. The lowest BCUT2D eigenvalue weighted by atomic mass is 10.4. The molecule has 0 spiro atoms. The smallest absolute Gasteiger partial charge is 0.396 e. The fourth-order valence-electron chi connectivity index (χ4n) is 1.35. The predicted octanol–water partition coefficient (Wildman–Crippen LogP) is 1.54. The Kier molecular flexibility index (Phi) is 7.24. The molecular weight excluding hydrogens is 294 g/mol. The van der Waals surface area contributed by atoms with Crippen LogP contribution in [0.25, 0.3) is 0 Å². The van der Waals surface area contributed by atoms with Crippen LogP contribution in [0.3, 0.4) is 0 Å². The van der Waals surface area contributed by atoms with Crippen molar-refractivity contribution in [3.05, 3.63) is 31.2 Å². The Morgan fingerprint density at radius 3 is 2.57 bits per heavy atom. The number of carbonyl (C=O) groups excluding carboxylic acids is 2. The Morgan fingerprint density at radius 2 is 2.00 bits per heavy atom. The molecule has 0 fully saturated rings. The number of hydrogen-bond donors (Lipinski definition) is 0. The van der Waals surface area contributed by atoms with Gasteiger partial charge in [0.1, 0.15) is 0 Å². The van der Waals surface area contributed by atoms with Crippen LogP contribution in [0, 0.1) is 0 Å². The molecule has 0 aromatic carbocycles. The number of nitrogens with zero attached hydrogens (tertiary/aromatic N) is 3. The van der Waals surface area contributed by atoms with Crippen LogP contribution in [0.1, 0.15) is 17.6 Å². The third-order valence-corrected chi connectivity index (χ3v) is 3.03. The summed E-state index contributed by atoms with van der Waals surface area (Å²) in [5.74, 6) is -0.897. The average Bonchev–Trinajstić information content (AvgIpc) is 2.94. The lowest BCUT2D eigenvalue weighted by Crippen LogP contribution is -2.32. The first-order valence-corrected chi connectivity index (χ1v) is 7.23. The first-order valence-electron chi connectivity index (χ1n) is 6.25. The summed E-state index contributed by atoms with van der Waals surface area (Å²) in [5.41, 5.74) is 0. The molecule has 1 aromatic heterocycles. The van der Waals surface area contributed by atoms with Gasteiger partial charge in [0.05, 0.1) is 12.4 Å². The first-order chi connectivity index (χ1) is 10.1. The number of esters is 1. The second-order valence-electron chi connectivity index (χ2n) is 3.76. The van der Waals surface area contributed by atoms with Crippen molar-refractivity contribution < 1.29 is 18.7 Å². The van der Waals surface area contributed by atoms with Crippen molar-refractivity contribution in [2.24, 2.45) is 0 Å². The van der Waals surface area contributed by atoms with Crippen molar-refractivity contribution in [3.8, 4) is 0 Å². The molecule has 0 N–H and O–H groups in total. The molecule has 0 unspecified atom stereocenters. The molecular formula is C13H17N3O4S. The zero-order chi connectivity index (χ0) is 15.7. The van der Waals surface area contributed by atoms with Crippen molar-refractivity contribution in [3.63, 3.8) is 0 Å². The number of amides is 1. The summed E-state index contributed by atoms with van der Waals surface area (Å²) in [5, 5.41) is 7.38. The van der Waals surface area contributed by atoms with Gasteiger partial charge >= 0.3 is 11.9 Å². The Bertz CT molecular complexity index is 505. The minimum absolute atomic E-state index is 0.115. The summed E-state index contributed by atoms with van der Waals surface area (Å²) in [6, 6.07) is 0. The van der Waals surface area contributed by atoms with E-state index >= 15 is 0 Å². The van der Waals surface area contributed by atoms with Crippen molar-refractivity contribution in [1.29, 1.82) is 0 Å². The molecule has 0 bridgehead atoms. The molecule has 0 aliphatic rings. The van der Waals surface area contributed by atoms with Crippen LogP contribution in [0.5, 0.6) is 0 Å². The quantitative estimate of drug-likeness (QED) is 0.388. The molecule has 0 saturated carbocycles. The zero-order valence-corrected chi connectivity index (χ0v) is 12.6. The number of carbonyl (C=O) groups is 2. The first kappa shape index (κ1) is 17.0. The van der Waals surface area contributed by atoms with Gasteiger partial charge in [-0.1, -0.05) is 29.0 Å². The molecule has 1 rings (SSSR count). The fourth-order valence-corrected chi connectivity index (χ4v) is 2.01. The van der Waals surface area contributed by atoms with Crippen LogP contribution in [-0.4, -0.2) is 52.4 Å². The maximum Gasteiger partial charge on any atom is 0.396 e. The van der Waals surface area contributed by atoms with Gasteiger partial charge in [0.25, 0.3) is 5.22 Å². The second-order valence-corrected chi connectivity index (χ2v) is 4.68. The summed E-state index contributed by atoms with van der Waals surface area (Å²) in [6.07, 6.45) is 3.27. The third-order valence-electron chi connectivity index (χ3n) is 2.23. The highest BCUT2D eigenvalue weighted by Gasteiger charge is 2.18. The van der Waals surface area contributed by atoms with Crippen molar-refractivity contribution in [1.82, 2.24) is 15.1 Å². The highest BCUT2D eigenvalue weighted by atomic mass is 32.2. The molecule has 21 heavy (non-hydrogen) atoms. The summed E-state index contributed by atoms with van der Waals surface area (Å²) >= 11 is 1.06. The van der Waals surface area contributed by atoms with Gasteiger partial charge < -0.3 is 14.1 Å². The maximum atomic E-state index is 12.0. The summed E-state index contributed by atoms with van der Waals surface area (Å²) < 4.78 is 9.83. The van der Waals surface area contributed by atoms with Gasteiger partial charge in [-0.15, -0.1) is 18.3 Å². The van der Waals surface area contributed by atoms with E-state index in [0.717, 1.165) is 11.8 Å². The predicted molar refractivity (Wildman–Crippen MR) is 78.0 cm³/mol. The van der Waals surface area contributed by atoms with Crippen molar-refractivity contribution >= 4 is 23.6 Å². The van der Waals surface area contributed by atoms with E-state index < -0.39 is 5.97 Å². The topological polar surface area (TPSA) is 85.5 Å². The Balaban J connectivity index is 2.54. The summed E-state index contributed by atoms with van der Waals surface area (Å²) in [6.45, 7) is 9.96. The van der Waals surface area contributed by atoms with E-state index in [1.165, 1.54) is 0 Å². The fraction of sp³-hybridized carbons (Fsp3) is 0.385. The number of ether oxygens (including phenoxy) is 1. The molecule has 7 nitrogen and oxygen atoms in total. The Morgan fingerprint density at radius 1 is 1.33 bits per heavy atom. The van der Waals surface area contributed by atoms with Crippen LogP contribution in [0.15, 0.2) is 34.9 Å². The van der Waals surface area contributed by atoms with Crippen LogP contribution < -0.4 is 0 Å². The normalized spacial score (nSPS) is 9.95. The largest absolute Gasteiger partial charge is 0.459 e. The minimum Gasteiger partial charge on any atom is -0.459 e. The monoisotopic (exact) mass is 311 g/mol. The van der Waals surface area contributed by atoms with E-state index in [4.69, 9.17) is 9.15 Å². The Labute approximate surface area is 127 Å². The van der Waals surface area contributed by atoms with E-state index in [-0.39, 0.29) is 29.4 Å². The van der Waals surface area contributed by atoms with Crippen LogP contribution >= 0.6 is 11.8 Å². The number of thioether (sulfide) groups is 1. The minimum atomic E-state index is -0.678. The van der Waals surface area contributed by atoms with E-state index in [2.05, 4.69) is 23.4 Å². The third kappa shape index (κ3) is 5.42. The molecule has 0 aliphatic carbocycles. The SMILES string of the molecule is C=CCN(CC=C)C(=O)CSc1nnc(C(=O)OCC)o1. The van der Waals surface area contributed by atoms with Gasteiger partial charge in [-0.25, -0.2) is 4.79 Å². The Hall–Kier alpha value is -2.09. The molecule has 0 atom stereocenters. The van der Waals surface area contributed by atoms with Crippen LogP contribution in [-0.2, 0) is 9.53 Å². The molecule has 0 radical (unpaired) electrons. The summed E-state index contributed by atoms with van der Waals surface area (Å²) in [7, 11) is 0.